The molecule has 7 nitrogen and oxygen atoms in total. The first kappa shape index (κ1) is 22.1. The number of ether oxygens (including phenoxy) is 2. The summed E-state index contributed by atoms with van der Waals surface area (Å²) in [7, 11) is 5.03. The van der Waals surface area contributed by atoms with Gasteiger partial charge in [0.05, 0.1) is 19.8 Å². The topological polar surface area (TPSA) is 75.2 Å². The first-order valence-electron chi connectivity index (χ1n) is 9.58. The largest absolute Gasteiger partial charge is 0.493 e. The quantitative estimate of drug-likeness (QED) is 0.527. The number of carbonyl (C=O) groups is 1. The first-order chi connectivity index (χ1) is 13.9. The molecule has 0 bridgehead atoms. The molecule has 0 saturated carbocycles. The Balaban J connectivity index is 2.23. The van der Waals surface area contributed by atoms with Crippen molar-refractivity contribution in [1.29, 1.82) is 0 Å². The molecule has 0 aliphatic heterocycles. The molecule has 1 atom stereocenters. The maximum absolute atomic E-state index is 12.0. The van der Waals surface area contributed by atoms with Crippen LogP contribution in [0.4, 0.5) is 5.69 Å². The van der Waals surface area contributed by atoms with Gasteiger partial charge in [0.2, 0.25) is 5.91 Å². The summed E-state index contributed by atoms with van der Waals surface area (Å²) < 4.78 is 11.0. The van der Waals surface area contributed by atoms with Crippen molar-refractivity contribution in [2.24, 2.45) is 4.99 Å². The minimum atomic E-state index is -0.0804. The lowest BCUT2D eigenvalue weighted by Crippen LogP contribution is -2.34. The van der Waals surface area contributed by atoms with Crippen LogP contribution in [0.2, 0.25) is 0 Å². The van der Waals surface area contributed by atoms with Gasteiger partial charge in [-0.05, 0) is 31.5 Å². The predicted octanol–water partition coefficient (Wildman–Crippen LogP) is 3.30. The van der Waals surface area contributed by atoms with Gasteiger partial charge in [0.25, 0.3) is 0 Å². The van der Waals surface area contributed by atoms with Crippen LogP contribution in [0.3, 0.4) is 0 Å². The molecule has 0 aromatic heterocycles. The summed E-state index contributed by atoms with van der Waals surface area (Å²) >= 11 is 0. The number of likely N-dealkylation sites (N-methyl/N-ethyl adjacent to an activating group) is 1. The molecule has 2 aromatic rings. The fraction of sp³-hybridized carbons (Fsp3) is 0.364. The zero-order chi connectivity index (χ0) is 21.2. The van der Waals surface area contributed by atoms with Crippen molar-refractivity contribution in [2.75, 3.05) is 39.7 Å². The molecule has 0 saturated heterocycles. The molecule has 1 unspecified atom stereocenters. The van der Waals surface area contributed by atoms with E-state index in [0.717, 1.165) is 11.3 Å². The monoisotopic (exact) mass is 398 g/mol. The number of nitrogens with one attached hydrogen (secondary N) is 2. The van der Waals surface area contributed by atoms with Crippen molar-refractivity contribution in [3.63, 3.8) is 0 Å². The van der Waals surface area contributed by atoms with Gasteiger partial charge in [-0.25, -0.2) is 4.99 Å². The van der Waals surface area contributed by atoms with Crippen molar-refractivity contribution < 1.29 is 14.3 Å². The molecule has 0 aliphatic carbocycles. The van der Waals surface area contributed by atoms with Crippen molar-refractivity contribution >= 4 is 17.6 Å². The molecule has 2 N–H and O–H groups in total. The number of amides is 1. The zero-order valence-corrected chi connectivity index (χ0v) is 17.7. The van der Waals surface area contributed by atoms with Crippen LogP contribution >= 0.6 is 0 Å². The molecule has 2 rings (SSSR count). The predicted molar refractivity (Wildman–Crippen MR) is 117 cm³/mol. The summed E-state index contributed by atoms with van der Waals surface area (Å²) in [6.07, 6.45) is 0. The number of carbonyl (C=O) groups excluding carboxylic acids is 1. The molecular weight excluding hydrogens is 368 g/mol. The van der Waals surface area contributed by atoms with E-state index >= 15 is 0 Å². The molecule has 156 valence electrons. The van der Waals surface area contributed by atoms with Gasteiger partial charge in [-0.15, -0.1) is 0 Å². The van der Waals surface area contributed by atoms with Crippen LogP contribution < -0.4 is 20.1 Å². The lowest BCUT2D eigenvalue weighted by molar-refractivity contribution is -0.127. The maximum Gasteiger partial charge on any atom is 0.243 e. The minimum absolute atomic E-state index is 0.00141. The van der Waals surface area contributed by atoms with Gasteiger partial charge in [-0.2, -0.15) is 0 Å². The average Bonchev–Trinajstić information content (AvgIpc) is 2.72. The summed E-state index contributed by atoms with van der Waals surface area (Å²) in [6, 6.07) is 15.6. The van der Waals surface area contributed by atoms with Crippen LogP contribution in [-0.2, 0) is 4.79 Å². The van der Waals surface area contributed by atoms with Gasteiger partial charge in [0.15, 0.2) is 17.5 Å². The highest BCUT2D eigenvalue weighted by Crippen LogP contribution is 2.30. The normalized spacial score (nSPS) is 12.1. The zero-order valence-electron chi connectivity index (χ0n) is 17.7. The Morgan fingerprint density at radius 1 is 1.14 bits per heavy atom. The molecule has 2 aromatic carbocycles. The number of hydrogen-bond donors (Lipinski definition) is 2. The van der Waals surface area contributed by atoms with Crippen LogP contribution in [0, 0.1) is 0 Å². The SMILES string of the molecule is CCOc1cc(NC(=NCC(=O)N(C)C)NC(C)c2ccccc2)ccc1OC. The molecule has 0 aliphatic rings. The highest BCUT2D eigenvalue weighted by Gasteiger charge is 2.12. The number of guanidine groups is 1. The number of benzene rings is 2. The number of hydrogen-bond acceptors (Lipinski definition) is 4. The summed E-state index contributed by atoms with van der Waals surface area (Å²) in [6.45, 7) is 4.53. The average molecular weight is 399 g/mol. The number of anilines is 1. The molecule has 0 fully saturated rings. The maximum atomic E-state index is 12.0. The summed E-state index contributed by atoms with van der Waals surface area (Å²) in [5.74, 6) is 1.72. The second-order valence-corrected chi connectivity index (χ2v) is 6.65. The van der Waals surface area contributed by atoms with Crippen LogP contribution in [0.1, 0.15) is 25.5 Å². The Morgan fingerprint density at radius 3 is 2.48 bits per heavy atom. The highest BCUT2D eigenvalue weighted by molar-refractivity contribution is 5.95. The number of nitrogens with zero attached hydrogens (tertiary/aromatic N) is 2. The van der Waals surface area contributed by atoms with E-state index in [-0.39, 0.29) is 18.5 Å². The van der Waals surface area contributed by atoms with Crippen LogP contribution in [-0.4, -0.2) is 51.1 Å². The molecule has 0 heterocycles. The van der Waals surface area contributed by atoms with Crippen molar-refractivity contribution in [1.82, 2.24) is 10.2 Å². The summed E-state index contributed by atoms with van der Waals surface area (Å²) in [5, 5.41) is 6.61. The smallest absolute Gasteiger partial charge is 0.243 e. The molecule has 29 heavy (non-hydrogen) atoms. The standard InChI is InChI=1S/C22H30N4O3/c1-6-29-20-14-18(12-13-19(20)28-5)25-22(23-15-21(27)26(3)4)24-16(2)17-10-8-7-9-11-17/h7-14,16H,6,15H2,1-5H3,(H2,23,24,25). The first-order valence-corrected chi connectivity index (χ1v) is 9.58. The lowest BCUT2D eigenvalue weighted by Gasteiger charge is -2.20. The van der Waals surface area contributed by atoms with Gasteiger partial charge in [0, 0.05) is 25.8 Å². The minimum Gasteiger partial charge on any atom is -0.493 e. The van der Waals surface area contributed by atoms with E-state index in [2.05, 4.69) is 15.6 Å². The Kier molecular flexibility index (Phi) is 8.33. The Morgan fingerprint density at radius 2 is 1.86 bits per heavy atom. The molecule has 0 spiro atoms. The lowest BCUT2D eigenvalue weighted by atomic mass is 10.1. The Hall–Kier alpha value is -3.22. The van der Waals surface area contributed by atoms with Crippen LogP contribution in [0.15, 0.2) is 53.5 Å². The number of rotatable bonds is 8. The van der Waals surface area contributed by atoms with Crippen molar-refractivity contribution in [3.8, 4) is 11.5 Å². The van der Waals surface area contributed by atoms with Gasteiger partial charge in [-0.3, -0.25) is 4.79 Å². The Bertz CT molecular complexity index is 822. The highest BCUT2D eigenvalue weighted by atomic mass is 16.5. The second-order valence-electron chi connectivity index (χ2n) is 6.65. The van der Waals surface area contributed by atoms with E-state index in [1.54, 1.807) is 21.2 Å². The van der Waals surface area contributed by atoms with Crippen LogP contribution in [0.25, 0.3) is 0 Å². The fourth-order valence-corrected chi connectivity index (χ4v) is 2.60. The van der Waals surface area contributed by atoms with E-state index in [4.69, 9.17) is 9.47 Å². The molecular formula is C22H30N4O3. The van der Waals surface area contributed by atoms with Gasteiger partial charge >= 0.3 is 0 Å². The third kappa shape index (κ3) is 6.71. The second kappa shape index (κ2) is 10.9. The summed E-state index contributed by atoms with van der Waals surface area (Å²) in [5.41, 5.74) is 1.89. The number of methoxy groups -OCH3 is 1. The Labute approximate surface area is 172 Å². The van der Waals surface area contributed by atoms with Crippen molar-refractivity contribution in [3.05, 3.63) is 54.1 Å². The third-order valence-corrected chi connectivity index (χ3v) is 4.25. The fourth-order valence-electron chi connectivity index (χ4n) is 2.60. The van der Waals surface area contributed by atoms with Crippen molar-refractivity contribution in [2.45, 2.75) is 19.9 Å². The molecule has 7 heteroatoms. The van der Waals surface area contributed by atoms with Gasteiger partial charge in [0.1, 0.15) is 6.54 Å². The summed E-state index contributed by atoms with van der Waals surface area (Å²) in [4.78, 5) is 18.0. The van der Waals surface area contributed by atoms with E-state index in [0.29, 0.717) is 24.1 Å². The molecule has 0 radical (unpaired) electrons. The molecule has 1 amide bonds. The van der Waals surface area contributed by atoms with E-state index in [1.807, 2.05) is 62.4 Å². The third-order valence-electron chi connectivity index (χ3n) is 4.25. The van der Waals surface area contributed by atoms with Crippen LogP contribution in [0.5, 0.6) is 11.5 Å². The van der Waals surface area contributed by atoms with Gasteiger partial charge in [-0.1, -0.05) is 30.3 Å². The van der Waals surface area contributed by atoms with Gasteiger partial charge < -0.3 is 25.0 Å². The van der Waals surface area contributed by atoms with E-state index < -0.39 is 0 Å². The van der Waals surface area contributed by atoms with E-state index in [1.165, 1.54) is 4.90 Å². The van der Waals surface area contributed by atoms with E-state index in [9.17, 15) is 4.79 Å². The number of aliphatic imine (C=N–C) groups is 1.